The third-order valence-corrected chi connectivity index (χ3v) is 2.23. The zero-order valence-electron chi connectivity index (χ0n) is 11.7. The van der Waals surface area contributed by atoms with E-state index in [1.54, 1.807) is 0 Å². The molecule has 0 aromatic rings. The molecule has 0 aliphatic heterocycles. The highest BCUT2D eigenvalue weighted by atomic mass is 16.5. The van der Waals surface area contributed by atoms with Gasteiger partial charge in [-0.2, -0.15) is 0 Å². The highest BCUT2D eigenvalue weighted by molar-refractivity contribution is 5.81. The molecular weight excluding hydrogens is 234 g/mol. The molecule has 0 saturated heterocycles. The van der Waals surface area contributed by atoms with Crippen molar-refractivity contribution >= 4 is 17.7 Å². The molecule has 0 aromatic carbocycles. The van der Waals surface area contributed by atoms with E-state index < -0.39 is 5.41 Å². The zero-order chi connectivity index (χ0) is 14.2. The molecule has 0 heterocycles. The van der Waals surface area contributed by atoms with Gasteiger partial charge in [0.05, 0.1) is 13.0 Å². The van der Waals surface area contributed by atoms with Crippen LogP contribution >= 0.6 is 0 Å². The van der Waals surface area contributed by atoms with Crippen molar-refractivity contribution in [2.45, 2.75) is 47.0 Å². The Hall–Kier alpha value is -1.39. The van der Waals surface area contributed by atoms with E-state index in [4.69, 9.17) is 4.74 Å². The lowest BCUT2D eigenvalue weighted by molar-refractivity contribution is -0.144. The van der Waals surface area contributed by atoms with Gasteiger partial charge in [-0.1, -0.05) is 20.8 Å². The Morgan fingerprint density at radius 1 is 1.11 bits per heavy atom. The number of carbonyl (C=O) groups excluding carboxylic acids is 3. The maximum Gasteiger partial charge on any atom is 0.307 e. The summed E-state index contributed by atoms with van der Waals surface area (Å²) in [4.78, 5) is 33.4. The molecule has 0 aliphatic carbocycles. The lowest BCUT2D eigenvalue weighted by atomic mass is 9.96. The summed E-state index contributed by atoms with van der Waals surface area (Å²) >= 11 is 0. The molecule has 0 saturated carbocycles. The molecule has 0 fully saturated rings. The molecule has 0 unspecified atom stereocenters. The summed E-state index contributed by atoms with van der Waals surface area (Å²) in [6.45, 7) is 7.46. The monoisotopic (exact) mass is 257 g/mol. The molecule has 0 radical (unpaired) electrons. The summed E-state index contributed by atoms with van der Waals surface area (Å²) in [5, 5.41) is 2.67. The molecule has 0 rings (SSSR count). The standard InChI is InChI=1S/C13H23NO4/c1-10(15)6-5-9-18-11(16)7-8-14-12(17)13(2,3)4/h5-9H2,1-4H3,(H,14,17). The third kappa shape index (κ3) is 8.73. The molecule has 0 spiro atoms. The quantitative estimate of drug-likeness (QED) is 0.553. The van der Waals surface area contributed by atoms with E-state index in [0.717, 1.165) is 0 Å². The Labute approximate surface area is 108 Å². The van der Waals surface area contributed by atoms with Crippen molar-refractivity contribution in [2.75, 3.05) is 13.2 Å². The summed E-state index contributed by atoms with van der Waals surface area (Å²) in [5.74, 6) is -0.358. The minimum Gasteiger partial charge on any atom is -0.466 e. The van der Waals surface area contributed by atoms with Crippen molar-refractivity contribution < 1.29 is 19.1 Å². The largest absolute Gasteiger partial charge is 0.466 e. The van der Waals surface area contributed by atoms with Crippen LogP contribution in [0.1, 0.15) is 47.0 Å². The highest BCUT2D eigenvalue weighted by Crippen LogP contribution is 2.12. The van der Waals surface area contributed by atoms with Crippen molar-refractivity contribution in [1.82, 2.24) is 5.32 Å². The highest BCUT2D eigenvalue weighted by Gasteiger charge is 2.20. The third-order valence-electron chi connectivity index (χ3n) is 2.23. The lowest BCUT2D eigenvalue weighted by Crippen LogP contribution is -2.36. The fourth-order valence-corrected chi connectivity index (χ4v) is 1.12. The van der Waals surface area contributed by atoms with Gasteiger partial charge >= 0.3 is 5.97 Å². The van der Waals surface area contributed by atoms with Gasteiger partial charge in [0.2, 0.25) is 5.91 Å². The molecule has 1 amide bonds. The van der Waals surface area contributed by atoms with E-state index in [1.165, 1.54) is 6.92 Å². The van der Waals surface area contributed by atoms with Gasteiger partial charge < -0.3 is 14.8 Å². The zero-order valence-corrected chi connectivity index (χ0v) is 11.7. The Balaban J connectivity index is 3.60. The van der Waals surface area contributed by atoms with Crippen molar-refractivity contribution in [3.63, 3.8) is 0 Å². The first kappa shape index (κ1) is 16.6. The summed E-state index contributed by atoms with van der Waals surface area (Å²) < 4.78 is 4.92. The van der Waals surface area contributed by atoms with Gasteiger partial charge in [0, 0.05) is 18.4 Å². The number of nitrogens with one attached hydrogen (secondary N) is 1. The van der Waals surface area contributed by atoms with Gasteiger partial charge in [-0.25, -0.2) is 0 Å². The number of esters is 1. The Kier molecular flexibility index (Phi) is 7.24. The number of Topliss-reactive ketones (excluding diaryl/α,β-unsaturated/α-hetero) is 1. The van der Waals surface area contributed by atoms with Crippen LogP contribution in [-0.4, -0.2) is 30.8 Å². The molecule has 1 N–H and O–H groups in total. The molecule has 5 nitrogen and oxygen atoms in total. The van der Waals surface area contributed by atoms with Gasteiger partial charge in [-0.3, -0.25) is 9.59 Å². The Morgan fingerprint density at radius 3 is 2.22 bits per heavy atom. The molecule has 0 bridgehead atoms. The van der Waals surface area contributed by atoms with Gasteiger partial charge in [-0.05, 0) is 13.3 Å². The Bertz CT molecular complexity index is 305. The average molecular weight is 257 g/mol. The molecule has 18 heavy (non-hydrogen) atoms. The Morgan fingerprint density at radius 2 is 1.72 bits per heavy atom. The number of carbonyl (C=O) groups is 3. The second-order valence-corrected chi connectivity index (χ2v) is 5.28. The SMILES string of the molecule is CC(=O)CCCOC(=O)CCNC(=O)C(C)(C)C. The molecule has 104 valence electrons. The summed E-state index contributed by atoms with van der Waals surface area (Å²) in [5.41, 5.74) is -0.453. The molecule has 0 atom stereocenters. The number of hydrogen-bond acceptors (Lipinski definition) is 4. The predicted octanol–water partition coefficient (Wildman–Crippen LogP) is 1.45. The summed E-state index contributed by atoms with van der Waals surface area (Å²) in [6.07, 6.45) is 1.13. The van der Waals surface area contributed by atoms with Crippen LogP contribution in [0.4, 0.5) is 0 Å². The normalized spacial score (nSPS) is 10.9. The van der Waals surface area contributed by atoms with E-state index in [-0.39, 0.29) is 37.2 Å². The molecule has 5 heteroatoms. The molecular formula is C13H23NO4. The minimum absolute atomic E-state index is 0.0866. The topological polar surface area (TPSA) is 72.5 Å². The van der Waals surface area contributed by atoms with Crippen LogP contribution in [0.25, 0.3) is 0 Å². The summed E-state index contributed by atoms with van der Waals surface area (Å²) in [6, 6.07) is 0. The van der Waals surface area contributed by atoms with E-state index in [9.17, 15) is 14.4 Å². The van der Waals surface area contributed by atoms with Gasteiger partial charge in [-0.15, -0.1) is 0 Å². The van der Waals surface area contributed by atoms with Crippen molar-refractivity contribution in [2.24, 2.45) is 5.41 Å². The smallest absolute Gasteiger partial charge is 0.307 e. The van der Waals surface area contributed by atoms with Gasteiger partial charge in [0.15, 0.2) is 0 Å². The average Bonchev–Trinajstić information content (AvgIpc) is 2.22. The summed E-state index contributed by atoms with van der Waals surface area (Å²) in [7, 11) is 0. The number of ketones is 1. The van der Waals surface area contributed by atoms with Crippen LogP contribution in [0.2, 0.25) is 0 Å². The second-order valence-electron chi connectivity index (χ2n) is 5.28. The van der Waals surface area contributed by atoms with Gasteiger partial charge in [0.1, 0.15) is 5.78 Å². The predicted molar refractivity (Wildman–Crippen MR) is 68.0 cm³/mol. The van der Waals surface area contributed by atoms with E-state index in [0.29, 0.717) is 12.8 Å². The minimum atomic E-state index is -0.453. The maximum atomic E-state index is 11.5. The number of amides is 1. The van der Waals surface area contributed by atoms with Crippen molar-refractivity contribution in [3.8, 4) is 0 Å². The van der Waals surface area contributed by atoms with Crippen LogP contribution in [0.5, 0.6) is 0 Å². The number of ether oxygens (including phenoxy) is 1. The van der Waals surface area contributed by atoms with Crippen LogP contribution in [0.15, 0.2) is 0 Å². The van der Waals surface area contributed by atoms with Gasteiger partial charge in [0.25, 0.3) is 0 Å². The van der Waals surface area contributed by atoms with Crippen LogP contribution in [0.3, 0.4) is 0 Å². The van der Waals surface area contributed by atoms with Crippen LogP contribution in [-0.2, 0) is 19.1 Å². The fraction of sp³-hybridized carbons (Fsp3) is 0.769. The number of rotatable bonds is 7. The first-order valence-electron chi connectivity index (χ1n) is 6.17. The second kappa shape index (κ2) is 7.84. The molecule has 0 aromatic heterocycles. The maximum absolute atomic E-state index is 11.5. The first-order valence-corrected chi connectivity index (χ1v) is 6.17. The van der Waals surface area contributed by atoms with E-state index in [2.05, 4.69) is 5.32 Å². The fourth-order valence-electron chi connectivity index (χ4n) is 1.12. The number of hydrogen-bond donors (Lipinski definition) is 1. The lowest BCUT2D eigenvalue weighted by Gasteiger charge is -2.17. The van der Waals surface area contributed by atoms with Crippen molar-refractivity contribution in [1.29, 1.82) is 0 Å². The first-order chi connectivity index (χ1) is 8.23. The van der Waals surface area contributed by atoms with E-state index in [1.807, 2.05) is 20.8 Å². The van der Waals surface area contributed by atoms with Crippen LogP contribution < -0.4 is 5.32 Å². The van der Waals surface area contributed by atoms with Crippen molar-refractivity contribution in [3.05, 3.63) is 0 Å². The van der Waals surface area contributed by atoms with E-state index >= 15 is 0 Å². The molecule has 0 aliphatic rings. The van der Waals surface area contributed by atoms with Crippen LogP contribution in [0, 0.1) is 5.41 Å².